The molecular formula is C23H40O6Si. The highest BCUT2D eigenvalue weighted by Gasteiger charge is 2.50. The van der Waals surface area contributed by atoms with Gasteiger partial charge in [-0.15, -0.1) is 0 Å². The molecule has 1 unspecified atom stereocenters. The Labute approximate surface area is 182 Å². The molecule has 1 saturated heterocycles. The highest BCUT2D eigenvalue weighted by molar-refractivity contribution is 6.74. The summed E-state index contributed by atoms with van der Waals surface area (Å²) in [6, 6.07) is 0. The monoisotopic (exact) mass is 440 g/mol. The van der Waals surface area contributed by atoms with Crippen LogP contribution in [0.2, 0.25) is 18.1 Å². The molecule has 1 saturated carbocycles. The lowest BCUT2D eigenvalue weighted by atomic mass is 9.94. The van der Waals surface area contributed by atoms with E-state index in [2.05, 4.69) is 39.9 Å². The Balaban J connectivity index is 1.78. The van der Waals surface area contributed by atoms with Crippen molar-refractivity contribution in [1.29, 1.82) is 0 Å². The van der Waals surface area contributed by atoms with Crippen LogP contribution in [0.5, 0.6) is 0 Å². The normalized spacial score (nSPS) is 37.6. The zero-order valence-electron chi connectivity index (χ0n) is 19.5. The van der Waals surface area contributed by atoms with E-state index in [-0.39, 0.29) is 35.4 Å². The van der Waals surface area contributed by atoms with Crippen LogP contribution in [0.4, 0.5) is 0 Å². The molecule has 3 aliphatic rings. The van der Waals surface area contributed by atoms with Gasteiger partial charge in [-0.3, -0.25) is 0 Å². The molecule has 30 heavy (non-hydrogen) atoms. The van der Waals surface area contributed by atoms with Crippen LogP contribution in [0, 0.1) is 11.8 Å². The predicted octanol–water partition coefficient (Wildman–Crippen LogP) is 4.74. The maximum atomic E-state index is 11.8. The number of ether oxygens (including phenoxy) is 3. The Morgan fingerprint density at radius 1 is 1.30 bits per heavy atom. The third-order valence-electron chi connectivity index (χ3n) is 7.50. The molecule has 3 rings (SSSR count). The maximum Gasteiger partial charge on any atom is 0.336 e. The zero-order valence-corrected chi connectivity index (χ0v) is 20.5. The molecule has 2 aliphatic heterocycles. The number of carboxylic acid groups (broad SMARTS) is 1. The van der Waals surface area contributed by atoms with Gasteiger partial charge in [0.25, 0.3) is 0 Å². The van der Waals surface area contributed by atoms with Crippen molar-refractivity contribution in [2.75, 3.05) is 13.2 Å². The quantitative estimate of drug-likeness (QED) is 0.475. The fourth-order valence-electron chi connectivity index (χ4n) is 4.36. The second-order valence-corrected chi connectivity index (χ2v) is 15.7. The first-order valence-corrected chi connectivity index (χ1v) is 14.3. The molecule has 0 spiro atoms. The third kappa shape index (κ3) is 5.18. The molecule has 0 aromatic carbocycles. The highest BCUT2D eigenvalue weighted by Crippen LogP contribution is 2.44. The van der Waals surface area contributed by atoms with Gasteiger partial charge in [0.1, 0.15) is 0 Å². The first-order chi connectivity index (χ1) is 13.9. The van der Waals surface area contributed by atoms with Crippen molar-refractivity contribution >= 4 is 14.3 Å². The van der Waals surface area contributed by atoms with Crippen LogP contribution in [0.1, 0.15) is 59.8 Å². The van der Waals surface area contributed by atoms with Crippen LogP contribution in [-0.2, 0) is 23.4 Å². The number of rotatable bonds is 6. The highest BCUT2D eigenvalue weighted by atomic mass is 28.4. The van der Waals surface area contributed by atoms with Crippen molar-refractivity contribution in [2.45, 2.75) is 102 Å². The molecule has 0 amide bonds. The smallest absolute Gasteiger partial charge is 0.336 e. The molecule has 0 aromatic rings. The van der Waals surface area contributed by atoms with E-state index in [9.17, 15) is 9.90 Å². The van der Waals surface area contributed by atoms with Gasteiger partial charge >= 0.3 is 5.97 Å². The fraction of sp³-hybridized carbons (Fsp3) is 0.870. The largest absolute Gasteiger partial charge is 0.479 e. The van der Waals surface area contributed by atoms with Gasteiger partial charge in [-0.05, 0) is 44.3 Å². The average molecular weight is 441 g/mol. The van der Waals surface area contributed by atoms with Crippen molar-refractivity contribution in [3.8, 4) is 0 Å². The molecule has 6 atom stereocenters. The first-order valence-electron chi connectivity index (χ1n) is 11.4. The van der Waals surface area contributed by atoms with Crippen molar-refractivity contribution < 1.29 is 28.5 Å². The molecule has 172 valence electrons. The van der Waals surface area contributed by atoms with E-state index >= 15 is 0 Å². The summed E-state index contributed by atoms with van der Waals surface area (Å²) in [4.78, 5) is 11.8. The molecule has 2 fully saturated rings. The molecule has 6 nitrogen and oxygen atoms in total. The minimum absolute atomic E-state index is 0.0614. The standard InChI is InChI=1S/C23H40O6Si/c1-22(2,3)30(5,6)27-15-17-16-10-9-12-23(4,21(24)25)29-19(16)14-18(17)28-20-11-7-8-13-26-20/h9-10,16-20H,7-8,11-15H2,1-6H3,(H,24,25)/t16-,17-,18-,19+,20?,23-/m1/s1. The Hall–Kier alpha value is -0.733. The zero-order chi connectivity index (χ0) is 22.2. The summed E-state index contributed by atoms with van der Waals surface area (Å²) in [5.74, 6) is -0.701. The molecule has 1 N–H and O–H groups in total. The van der Waals surface area contributed by atoms with Crippen LogP contribution >= 0.6 is 0 Å². The van der Waals surface area contributed by atoms with E-state index in [1.807, 2.05) is 6.08 Å². The van der Waals surface area contributed by atoms with E-state index in [1.165, 1.54) is 0 Å². The van der Waals surface area contributed by atoms with Crippen LogP contribution in [0.3, 0.4) is 0 Å². The second kappa shape index (κ2) is 9.02. The lowest BCUT2D eigenvalue weighted by molar-refractivity contribution is -0.199. The number of hydrogen-bond donors (Lipinski definition) is 1. The van der Waals surface area contributed by atoms with Crippen molar-refractivity contribution in [3.05, 3.63) is 12.2 Å². The van der Waals surface area contributed by atoms with Gasteiger partial charge < -0.3 is 23.7 Å². The van der Waals surface area contributed by atoms with E-state index in [0.29, 0.717) is 19.4 Å². The summed E-state index contributed by atoms with van der Waals surface area (Å²) >= 11 is 0. The summed E-state index contributed by atoms with van der Waals surface area (Å²) in [7, 11) is -1.92. The summed E-state index contributed by atoms with van der Waals surface area (Å²) in [5, 5.41) is 9.84. The fourth-order valence-corrected chi connectivity index (χ4v) is 5.40. The number of hydrogen-bond acceptors (Lipinski definition) is 5. The van der Waals surface area contributed by atoms with Gasteiger partial charge in [-0.2, -0.15) is 0 Å². The Bertz CT molecular complexity index is 636. The summed E-state index contributed by atoms with van der Waals surface area (Å²) in [5.41, 5.74) is -1.20. The van der Waals surface area contributed by atoms with E-state index in [1.54, 1.807) is 6.92 Å². The molecule has 0 radical (unpaired) electrons. The SMILES string of the molecule is CC(C)(C)[Si](C)(C)OC[C@@H]1[C@H]2C=CC[C@](C)(C(=O)O)O[C@H]2C[C@H]1OC1CCCCO1. The van der Waals surface area contributed by atoms with Gasteiger partial charge in [0.15, 0.2) is 20.2 Å². The van der Waals surface area contributed by atoms with Gasteiger partial charge in [0.2, 0.25) is 0 Å². The number of aliphatic carboxylic acids is 1. The second-order valence-electron chi connectivity index (χ2n) is 10.8. The minimum Gasteiger partial charge on any atom is -0.479 e. The lowest BCUT2D eigenvalue weighted by Crippen LogP contribution is -2.44. The van der Waals surface area contributed by atoms with Gasteiger partial charge in [0, 0.05) is 37.9 Å². The number of fused-ring (bicyclic) bond motifs is 1. The van der Waals surface area contributed by atoms with Gasteiger partial charge in [-0.25, -0.2) is 4.79 Å². The van der Waals surface area contributed by atoms with E-state index in [0.717, 1.165) is 25.9 Å². The lowest BCUT2D eigenvalue weighted by Gasteiger charge is -2.38. The first kappa shape index (κ1) is 23.9. The molecule has 2 heterocycles. The van der Waals surface area contributed by atoms with E-state index in [4.69, 9.17) is 18.6 Å². The Kier molecular flexibility index (Phi) is 7.19. The summed E-state index contributed by atoms with van der Waals surface area (Å²) in [6.07, 6.45) is 7.83. The minimum atomic E-state index is -1.92. The summed E-state index contributed by atoms with van der Waals surface area (Å²) in [6.45, 7) is 14.3. The third-order valence-corrected chi connectivity index (χ3v) is 12.0. The van der Waals surface area contributed by atoms with Crippen LogP contribution in [0.15, 0.2) is 12.2 Å². The van der Waals surface area contributed by atoms with Crippen molar-refractivity contribution in [2.24, 2.45) is 11.8 Å². The molecular weight excluding hydrogens is 400 g/mol. The van der Waals surface area contributed by atoms with Crippen LogP contribution < -0.4 is 0 Å². The topological polar surface area (TPSA) is 74.2 Å². The van der Waals surface area contributed by atoms with Crippen molar-refractivity contribution in [3.63, 3.8) is 0 Å². The Morgan fingerprint density at radius 3 is 2.63 bits per heavy atom. The molecule has 0 aromatic heterocycles. The maximum absolute atomic E-state index is 11.8. The molecule has 7 heteroatoms. The molecule has 0 bridgehead atoms. The van der Waals surface area contributed by atoms with Gasteiger partial charge in [0.05, 0.1) is 12.2 Å². The van der Waals surface area contributed by atoms with Crippen LogP contribution in [-0.4, -0.2) is 56.7 Å². The number of carboxylic acids is 1. The summed E-state index contributed by atoms with van der Waals surface area (Å²) < 4.78 is 25.1. The van der Waals surface area contributed by atoms with Crippen molar-refractivity contribution in [1.82, 2.24) is 0 Å². The Morgan fingerprint density at radius 2 is 2.03 bits per heavy atom. The predicted molar refractivity (Wildman–Crippen MR) is 118 cm³/mol. The molecule has 1 aliphatic carbocycles. The number of carbonyl (C=O) groups is 1. The van der Waals surface area contributed by atoms with E-state index < -0.39 is 19.9 Å². The average Bonchev–Trinajstić information content (AvgIpc) is 2.85. The van der Waals surface area contributed by atoms with Gasteiger partial charge in [-0.1, -0.05) is 32.9 Å². The van der Waals surface area contributed by atoms with Crippen LogP contribution in [0.25, 0.3) is 0 Å².